The van der Waals surface area contributed by atoms with Gasteiger partial charge in [0.15, 0.2) is 5.82 Å². The van der Waals surface area contributed by atoms with E-state index >= 15 is 0 Å². The van der Waals surface area contributed by atoms with E-state index in [9.17, 15) is 10.1 Å². The summed E-state index contributed by atoms with van der Waals surface area (Å²) in [6, 6.07) is 6.88. The zero-order valence-electron chi connectivity index (χ0n) is 11.6. The largest absolute Gasteiger partial charge is 0.337 e. The summed E-state index contributed by atoms with van der Waals surface area (Å²) in [4.78, 5) is 17.1. The molecule has 0 spiro atoms. The van der Waals surface area contributed by atoms with Gasteiger partial charge < -0.3 is 10.2 Å². The van der Waals surface area contributed by atoms with Gasteiger partial charge in [-0.1, -0.05) is 12.1 Å². The van der Waals surface area contributed by atoms with Crippen LogP contribution in [0, 0.1) is 10.1 Å². The summed E-state index contributed by atoms with van der Waals surface area (Å²) < 4.78 is 0. The molecule has 0 bridgehead atoms. The maximum absolute atomic E-state index is 11.1. The normalized spacial score (nSPS) is 18.7. The summed E-state index contributed by atoms with van der Waals surface area (Å²) in [6.07, 6.45) is 0. The van der Waals surface area contributed by atoms with E-state index in [1.54, 1.807) is 18.2 Å². The third-order valence-corrected chi connectivity index (χ3v) is 3.48. The standard InChI is InChI=1S/C13H16N6O2/c1-9-8-18(7-6-14-9)13-15-12(16-17-13)10-4-2-3-5-11(10)19(20)21/h2-5,9,14H,6-8H2,1H3,(H,15,16,17). The molecule has 0 aliphatic carbocycles. The first-order chi connectivity index (χ1) is 10.1. The number of hydrogen-bond donors (Lipinski definition) is 2. The zero-order valence-corrected chi connectivity index (χ0v) is 11.6. The molecule has 1 saturated heterocycles. The molecule has 0 amide bonds. The Balaban J connectivity index is 1.90. The number of para-hydroxylation sites is 1. The summed E-state index contributed by atoms with van der Waals surface area (Å²) in [6.45, 7) is 4.60. The molecule has 0 radical (unpaired) electrons. The zero-order chi connectivity index (χ0) is 14.8. The first kappa shape index (κ1) is 13.5. The summed E-state index contributed by atoms with van der Waals surface area (Å²) in [5, 5.41) is 21.4. The maximum Gasteiger partial charge on any atom is 0.280 e. The van der Waals surface area contributed by atoms with Crippen LogP contribution in [-0.4, -0.2) is 45.8 Å². The molecule has 1 aromatic carbocycles. The molecule has 3 rings (SSSR count). The lowest BCUT2D eigenvalue weighted by atomic mass is 10.2. The van der Waals surface area contributed by atoms with Gasteiger partial charge in [0.1, 0.15) is 0 Å². The second kappa shape index (κ2) is 5.49. The average Bonchev–Trinajstić information content (AvgIpc) is 2.97. The lowest BCUT2D eigenvalue weighted by Gasteiger charge is -2.30. The first-order valence-corrected chi connectivity index (χ1v) is 6.79. The molecule has 2 aromatic rings. The van der Waals surface area contributed by atoms with Gasteiger partial charge in [-0.3, -0.25) is 15.2 Å². The number of anilines is 1. The summed E-state index contributed by atoms with van der Waals surface area (Å²) >= 11 is 0. The highest BCUT2D eigenvalue weighted by Gasteiger charge is 2.22. The predicted molar refractivity (Wildman–Crippen MR) is 78.2 cm³/mol. The molecule has 2 N–H and O–H groups in total. The molecule has 110 valence electrons. The maximum atomic E-state index is 11.1. The number of H-pyrrole nitrogens is 1. The highest BCUT2D eigenvalue weighted by atomic mass is 16.6. The molecular weight excluding hydrogens is 272 g/mol. The van der Waals surface area contributed by atoms with E-state index in [0.717, 1.165) is 19.6 Å². The van der Waals surface area contributed by atoms with E-state index in [1.165, 1.54) is 6.07 Å². The molecule has 1 aromatic heterocycles. The van der Waals surface area contributed by atoms with Gasteiger partial charge >= 0.3 is 0 Å². The van der Waals surface area contributed by atoms with Gasteiger partial charge in [0.25, 0.3) is 5.69 Å². The van der Waals surface area contributed by atoms with Crippen LogP contribution in [0.4, 0.5) is 11.6 Å². The lowest BCUT2D eigenvalue weighted by molar-refractivity contribution is -0.384. The minimum absolute atomic E-state index is 0.0221. The van der Waals surface area contributed by atoms with Crippen molar-refractivity contribution in [3.63, 3.8) is 0 Å². The van der Waals surface area contributed by atoms with Gasteiger partial charge in [-0.05, 0) is 13.0 Å². The molecule has 1 aliphatic heterocycles. The quantitative estimate of drug-likeness (QED) is 0.649. The molecule has 8 heteroatoms. The fourth-order valence-electron chi connectivity index (χ4n) is 2.46. The Morgan fingerprint density at radius 3 is 3.00 bits per heavy atom. The van der Waals surface area contributed by atoms with E-state index < -0.39 is 4.92 Å². The smallest absolute Gasteiger partial charge is 0.280 e. The van der Waals surface area contributed by atoms with Crippen molar-refractivity contribution in [1.82, 2.24) is 20.5 Å². The molecule has 1 fully saturated rings. The molecule has 21 heavy (non-hydrogen) atoms. The minimum Gasteiger partial charge on any atom is -0.337 e. The topological polar surface area (TPSA) is 100.0 Å². The van der Waals surface area contributed by atoms with Gasteiger partial charge in [0.2, 0.25) is 5.95 Å². The number of nitro groups is 1. The molecular formula is C13H16N6O2. The highest BCUT2D eigenvalue weighted by molar-refractivity contribution is 5.68. The number of benzene rings is 1. The Hall–Kier alpha value is -2.48. The van der Waals surface area contributed by atoms with Crippen molar-refractivity contribution >= 4 is 11.6 Å². The molecule has 8 nitrogen and oxygen atoms in total. The fourth-order valence-corrected chi connectivity index (χ4v) is 2.46. The Morgan fingerprint density at radius 1 is 1.43 bits per heavy atom. The van der Waals surface area contributed by atoms with Crippen LogP contribution >= 0.6 is 0 Å². The van der Waals surface area contributed by atoms with Gasteiger partial charge in [0.05, 0.1) is 10.5 Å². The fraction of sp³-hybridized carbons (Fsp3) is 0.385. The monoisotopic (exact) mass is 288 g/mol. The number of aromatic amines is 1. The number of nitro benzene ring substituents is 1. The van der Waals surface area contributed by atoms with Crippen molar-refractivity contribution in [3.8, 4) is 11.4 Å². The minimum atomic E-state index is -0.412. The van der Waals surface area contributed by atoms with Crippen LogP contribution in [0.5, 0.6) is 0 Å². The molecule has 1 aliphatic rings. The van der Waals surface area contributed by atoms with E-state index in [1.807, 2.05) is 0 Å². The summed E-state index contributed by atoms with van der Waals surface area (Å²) in [7, 11) is 0. The Kier molecular flexibility index (Phi) is 3.53. The van der Waals surface area contributed by atoms with Crippen LogP contribution in [0.25, 0.3) is 11.4 Å². The molecule has 2 heterocycles. The van der Waals surface area contributed by atoms with Gasteiger partial charge in [-0.15, -0.1) is 5.10 Å². The predicted octanol–water partition coefficient (Wildman–Crippen LogP) is 1.18. The van der Waals surface area contributed by atoms with Crippen molar-refractivity contribution in [2.75, 3.05) is 24.5 Å². The van der Waals surface area contributed by atoms with Gasteiger partial charge in [-0.25, -0.2) is 0 Å². The lowest BCUT2D eigenvalue weighted by Crippen LogP contribution is -2.49. The van der Waals surface area contributed by atoms with E-state index in [-0.39, 0.29) is 5.69 Å². The first-order valence-electron chi connectivity index (χ1n) is 6.79. The number of aromatic nitrogens is 3. The van der Waals surface area contributed by atoms with Crippen LogP contribution in [0.2, 0.25) is 0 Å². The number of rotatable bonds is 3. The molecule has 0 saturated carbocycles. The average molecular weight is 288 g/mol. The van der Waals surface area contributed by atoms with Crippen molar-refractivity contribution < 1.29 is 4.92 Å². The number of nitrogens with one attached hydrogen (secondary N) is 2. The SMILES string of the molecule is CC1CN(c2n[nH]c(-c3ccccc3[N+](=O)[O-])n2)CCN1. The summed E-state index contributed by atoms with van der Waals surface area (Å²) in [5.41, 5.74) is 0.471. The number of hydrogen-bond acceptors (Lipinski definition) is 6. The number of nitrogens with zero attached hydrogens (tertiary/aromatic N) is 4. The molecule has 1 atom stereocenters. The van der Waals surface area contributed by atoms with Crippen LogP contribution in [-0.2, 0) is 0 Å². The van der Waals surface area contributed by atoms with Crippen molar-refractivity contribution in [1.29, 1.82) is 0 Å². The van der Waals surface area contributed by atoms with Crippen molar-refractivity contribution in [3.05, 3.63) is 34.4 Å². The van der Waals surface area contributed by atoms with E-state index in [0.29, 0.717) is 23.4 Å². The Bertz CT molecular complexity index is 656. The summed E-state index contributed by atoms with van der Waals surface area (Å²) in [5.74, 6) is 1.000. The van der Waals surface area contributed by atoms with E-state index in [2.05, 4.69) is 32.3 Å². The van der Waals surface area contributed by atoms with Gasteiger partial charge in [0, 0.05) is 31.7 Å². The van der Waals surface area contributed by atoms with Crippen LogP contribution in [0.1, 0.15) is 6.92 Å². The second-order valence-corrected chi connectivity index (χ2v) is 5.06. The third kappa shape index (κ3) is 2.70. The second-order valence-electron chi connectivity index (χ2n) is 5.06. The molecule has 1 unspecified atom stereocenters. The Labute approximate surface area is 121 Å². The third-order valence-electron chi connectivity index (χ3n) is 3.48. The Morgan fingerprint density at radius 2 is 2.24 bits per heavy atom. The number of piperazine rings is 1. The van der Waals surface area contributed by atoms with Crippen molar-refractivity contribution in [2.45, 2.75) is 13.0 Å². The van der Waals surface area contributed by atoms with Crippen molar-refractivity contribution in [2.24, 2.45) is 0 Å². The van der Waals surface area contributed by atoms with Crippen LogP contribution in [0.3, 0.4) is 0 Å². The highest BCUT2D eigenvalue weighted by Crippen LogP contribution is 2.27. The van der Waals surface area contributed by atoms with Gasteiger partial charge in [-0.2, -0.15) is 4.98 Å². The van der Waals surface area contributed by atoms with E-state index in [4.69, 9.17) is 0 Å². The van der Waals surface area contributed by atoms with Crippen LogP contribution in [0.15, 0.2) is 24.3 Å². The van der Waals surface area contributed by atoms with Crippen LogP contribution < -0.4 is 10.2 Å².